The molecule has 35 heavy (non-hydrogen) atoms. The summed E-state index contributed by atoms with van der Waals surface area (Å²) in [6, 6.07) is 13.3. The van der Waals surface area contributed by atoms with Crippen molar-refractivity contribution < 1.29 is 23.8 Å². The van der Waals surface area contributed by atoms with Crippen LogP contribution in [0.5, 0.6) is 11.5 Å². The molecule has 0 radical (unpaired) electrons. The number of hydrogen-bond acceptors (Lipinski definition) is 8. The van der Waals surface area contributed by atoms with Crippen LogP contribution in [0.1, 0.15) is 37.9 Å². The van der Waals surface area contributed by atoms with Crippen LogP contribution in [0.4, 0.5) is 0 Å². The number of rotatable bonds is 6. The Bertz CT molecular complexity index is 1480. The summed E-state index contributed by atoms with van der Waals surface area (Å²) in [6.07, 6.45) is 1.79. The van der Waals surface area contributed by atoms with E-state index < -0.39 is 18.0 Å². The van der Waals surface area contributed by atoms with Crippen molar-refractivity contribution in [2.24, 2.45) is 4.99 Å². The molecule has 180 valence electrons. The summed E-state index contributed by atoms with van der Waals surface area (Å²) in [5.74, 6) is 0.113. The number of fused-ring (bicyclic) bond motifs is 1. The first-order valence-electron chi connectivity index (χ1n) is 10.9. The number of methoxy groups -OCH3 is 1. The minimum Gasteiger partial charge on any atom is -0.497 e. The average molecular weight is 493 g/mol. The number of ether oxygens (including phenoxy) is 3. The second-order valence-electron chi connectivity index (χ2n) is 7.74. The van der Waals surface area contributed by atoms with E-state index in [9.17, 15) is 14.4 Å². The highest BCUT2D eigenvalue weighted by atomic mass is 32.1. The van der Waals surface area contributed by atoms with Crippen molar-refractivity contribution in [3.63, 3.8) is 0 Å². The zero-order chi connectivity index (χ0) is 25.1. The molecule has 0 aliphatic carbocycles. The first kappa shape index (κ1) is 24.2. The summed E-state index contributed by atoms with van der Waals surface area (Å²) in [4.78, 5) is 42.9. The van der Waals surface area contributed by atoms with E-state index in [1.807, 2.05) is 24.3 Å². The molecule has 0 saturated heterocycles. The van der Waals surface area contributed by atoms with Gasteiger partial charge >= 0.3 is 11.9 Å². The van der Waals surface area contributed by atoms with Gasteiger partial charge < -0.3 is 14.2 Å². The Morgan fingerprint density at radius 3 is 2.34 bits per heavy atom. The van der Waals surface area contributed by atoms with E-state index in [1.165, 1.54) is 22.8 Å². The Morgan fingerprint density at radius 2 is 1.74 bits per heavy atom. The van der Waals surface area contributed by atoms with Crippen LogP contribution in [0.2, 0.25) is 0 Å². The van der Waals surface area contributed by atoms with Crippen LogP contribution < -0.4 is 24.4 Å². The summed E-state index contributed by atoms with van der Waals surface area (Å²) >= 11 is 1.25. The number of benzene rings is 2. The maximum atomic E-state index is 13.6. The third-order valence-electron chi connectivity index (χ3n) is 5.39. The first-order chi connectivity index (χ1) is 16.8. The third-order valence-corrected chi connectivity index (χ3v) is 6.37. The minimum atomic E-state index is -0.741. The summed E-state index contributed by atoms with van der Waals surface area (Å²) < 4.78 is 17.6. The van der Waals surface area contributed by atoms with E-state index in [0.717, 1.165) is 11.3 Å². The molecule has 1 aromatic heterocycles. The lowest BCUT2D eigenvalue weighted by atomic mass is 9.96. The zero-order valence-corrected chi connectivity index (χ0v) is 20.5. The molecule has 1 atom stereocenters. The van der Waals surface area contributed by atoms with Crippen LogP contribution in [0, 0.1) is 0 Å². The second-order valence-corrected chi connectivity index (χ2v) is 8.75. The monoisotopic (exact) mass is 492 g/mol. The lowest BCUT2D eigenvalue weighted by Crippen LogP contribution is -2.39. The van der Waals surface area contributed by atoms with E-state index >= 15 is 0 Å². The third kappa shape index (κ3) is 4.95. The number of carbonyl (C=O) groups is 2. The fourth-order valence-electron chi connectivity index (χ4n) is 3.84. The smallest absolute Gasteiger partial charge is 0.338 e. The molecular formula is C26H24N2O6S. The number of aromatic nitrogens is 1. The maximum absolute atomic E-state index is 13.6. The summed E-state index contributed by atoms with van der Waals surface area (Å²) in [6.45, 7) is 4.96. The topological polar surface area (TPSA) is 96.2 Å². The van der Waals surface area contributed by atoms with Crippen molar-refractivity contribution in [2.45, 2.75) is 26.8 Å². The molecular weight excluding hydrogens is 468 g/mol. The molecule has 0 bridgehead atoms. The van der Waals surface area contributed by atoms with Crippen LogP contribution in [-0.2, 0) is 14.3 Å². The SMILES string of the molecule is CCOC(=O)C1=C(C)N=c2s/c(=C\c3ccc(OC)cc3)c(=O)n2[C@H]1c1ccc(OC(C)=O)cc1. The maximum Gasteiger partial charge on any atom is 0.338 e. The predicted octanol–water partition coefficient (Wildman–Crippen LogP) is 2.73. The molecule has 4 rings (SSSR count). The normalized spacial score (nSPS) is 15.3. The van der Waals surface area contributed by atoms with E-state index in [0.29, 0.717) is 26.3 Å². The molecule has 0 unspecified atom stereocenters. The van der Waals surface area contributed by atoms with Crippen LogP contribution in [0.3, 0.4) is 0 Å². The molecule has 0 fully saturated rings. The Balaban J connectivity index is 1.88. The van der Waals surface area contributed by atoms with E-state index in [1.54, 1.807) is 51.3 Å². The van der Waals surface area contributed by atoms with Crippen LogP contribution >= 0.6 is 11.3 Å². The molecule has 9 heteroatoms. The van der Waals surface area contributed by atoms with Crippen LogP contribution in [-0.4, -0.2) is 30.2 Å². The van der Waals surface area contributed by atoms with Gasteiger partial charge in [-0.15, -0.1) is 0 Å². The number of esters is 2. The van der Waals surface area contributed by atoms with E-state index in [4.69, 9.17) is 14.2 Å². The Morgan fingerprint density at radius 1 is 1.09 bits per heavy atom. The van der Waals surface area contributed by atoms with Gasteiger partial charge in [0.25, 0.3) is 5.56 Å². The first-order valence-corrected chi connectivity index (χ1v) is 11.8. The lowest BCUT2D eigenvalue weighted by Gasteiger charge is -2.24. The summed E-state index contributed by atoms with van der Waals surface area (Å²) in [5.41, 5.74) is 1.99. The number of allylic oxidation sites excluding steroid dienone is 1. The molecule has 0 spiro atoms. The van der Waals surface area contributed by atoms with Gasteiger partial charge in [-0.1, -0.05) is 35.6 Å². The Kier molecular flexibility index (Phi) is 6.97. The van der Waals surface area contributed by atoms with Crippen molar-refractivity contribution in [1.82, 2.24) is 4.57 Å². The van der Waals surface area contributed by atoms with Crippen molar-refractivity contribution >= 4 is 29.4 Å². The van der Waals surface area contributed by atoms with Gasteiger partial charge in [-0.05, 0) is 55.3 Å². The van der Waals surface area contributed by atoms with Crippen molar-refractivity contribution in [2.75, 3.05) is 13.7 Å². The zero-order valence-electron chi connectivity index (χ0n) is 19.7. The summed E-state index contributed by atoms with van der Waals surface area (Å²) in [5, 5.41) is 0. The Hall–Kier alpha value is -3.98. The predicted molar refractivity (Wildman–Crippen MR) is 131 cm³/mol. The molecule has 2 aromatic carbocycles. The Labute approximate surface area is 205 Å². The van der Waals surface area contributed by atoms with Gasteiger partial charge in [0.1, 0.15) is 11.5 Å². The highest BCUT2D eigenvalue weighted by molar-refractivity contribution is 7.07. The number of hydrogen-bond donors (Lipinski definition) is 0. The molecule has 1 aliphatic heterocycles. The highest BCUT2D eigenvalue weighted by Crippen LogP contribution is 2.31. The molecule has 3 aromatic rings. The molecule has 0 amide bonds. The van der Waals surface area contributed by atoms with Crippen LogP contribution in [0.15, 0.2) is 69.6 Å². The number of carbonyl (C=O) groups excluding carboxylic acids is 2. The standard InChI is InChI=1S/C26H24N2O6S/c1-5-33-25(31)22-15(2)27-26-28(23(22)18-8-12-20(13-9-18)34-16(3)29)24(30)21(35-26)14-17-6-10-19(32-4)11-7-17/h6-14,23H,5H2,1-4H3/b21-14-/t23-/m0/s1. The highest BCUT2D eigenvalue weighted by Gasteiger charge is 2.33. The van der Waals surface area contributed by atoms with Gasteiger partial charge in [-0.25, -0.2) is 9.79 Å². The summed E-state index contributed by atoms with van der Waals surface area (Å²) in [7, 11) is 1.59. The average Bonchev–Trinajstić information content (AvgIpc) is 3.13. The van der Waals surface area contributed by atoms with Crippen molar-refractivity contribution in [3.8, 4) is 11.5 Å². The van der Waals surface area contributed by atoms with E-state index in [2.05, 4.69) is 4.99 Å². The fraction of sp³-hybridized carbons (Fsp3) is 0.231. The number of nitrogens with zero attached hydrogens (tertiary/aromatic N) is 2. The van der Waals surface area contributed by atoms with Gasteiger partial charge in [-0.2, -0.15) is 0 Å². The van der Waals surface area contributed by atoms with Gasteiger partial charge in [0.15, 0.2) is 4.80 Å². The number of thiazole rings is 1. The second kappa shape index (κ2) is 10.1. The van der Waals surface area contributed by atoms with Gasteiger partial charge in [0.05, 0.1) is 35.6 Å². The molecule has 0 N–H and O–H groups in total. The van der Waals surface area contributed by atoms with E-state index in [-0.39, 0.29) is 17.7 Å². The van der Waals surface area contributed by atoms with Crippen LogP contribution in [0.25, 0.3) is 6.08 Å². The largest absolute Gasteiger partial charge is 0.497 e. The quantitative estimate of drug-likeness (QED) is 0.388. The lowest BCUT2D eigenvalue weighted by molar-refractivity contribution is -0.139. The van der Waals surface area contributed by atoms with Gasteiger partial charge in [-0.3, -0.25) is 14.2 Å². The van der Waals surface area contributed by atoms with Crippen molar-refractivity contribution in [1.29, 1.82) is 0 Å². The molecule has 8 nitrogen and oxygen atoms in total. The minimum absolute atomic E-state index is 0.190. The molecule has 1 aliphatic rings. The molecule has 2 heterocycles. The van der Waals surface area contributed by atoms with Gasteiger partial charge in [0, 0.05) is 6.92 Å². The molecule has 0 saturated carbocycles. The van der Waals surface area contributed by atoms with Gasteiger partial charge in [0.2, 0.25) is 0 Å². The van der Waals surface area contributed by atoms with Crippen molar-refractivity contribution in [3.05, 3.63) is 90.6 Å². The fourth-order valence-corrected chi connectivity index (χ4v) is 4.89.